The lowest BCUT2D eigenvalue weighted by molar-refractivity contribution is -0.117. The fourth-order valence-corrected chi connectivity index (χ4v) is 2.37. The van der Waals surface area contributed by atoms with E-state index in [9.17, 15) is 15.0 Å². The molecule has 2 atom stereocenters. The molecule has 0 unspecified atom stereocenters. The maximum Gasteiger partial charge on any atom is 0.197 e. The second-order valence-electron chi connectivity index (χ2n) is 3.90. The van der Waals surface area contributed by atoms with Crippen LogP contribution >= 0.6 is 0 Å². The molecule has 0 aromatic heterocycles. The molecule has 0 saturated heterocycles. The van der Waals surface area contributed by atoms with Gasteiger partial charge in [0.15, 0.2) is 11.5 Å². The first-order valence-electron chi connectivity index (χ1n) is 4.83. The zero-order valence-corrected chi connectivity index (χ0v) is 7.49. The van der Waals surface area contributed by atoms with Crippen molar-refractivity contribution in [2.75, 3.05) is 0 Å². The Bertz CT molecular complexity index is 267. The highest BCUT2D eigenvalue weighted by Crippen LogP contribution is 2.38. The van der Waals surface area contributed by atoms with Crippen LogP contribution in [0.25, 0.3) is 0 Å². The van der Waals surface area contributed by atoms with Crippen molar-refractivity contribution < 1.29 is 15.0 Å². The first-order valence-corrected chi connectivity index (χ1v) is 4.83. The molecule has 3 heteroatoms. The van der Waals surface area contributed by atoms with Crippen molar-refractivity contribution in [2.45, 2.75) is 38.2 Å². The molecule has 72 valence electrons. The van der Waals surface area contributed by atoms with Crippen LogP contribution in [0.4, 0.5) is 0 Å². The Labute approximate surface area is 77.1 Å². The average molecular weight is 182 g/mol. The zero-order chi connectivity index (χ0) is 9.42. The third-order valence-electron chi connectivity index (χ3n) is 3.12. The maximum absolute atomic E-state index is 11.1. The van der Waals surface area contributed by atoms with E-state index in [0.29, 0.717) is 12.8 Å². The summed E-state index contributed by atoms with van der Waals surface area (Å²) in [7, 11) is 0. The van der Waals surface area contributed by atoms with E-state index in [4.69, 9.17) is 0 Å². The van der Waals surface area contributed by atoms with Crippen molar-refractivity contribution in [3.05, 3.63) is 11.3 Å². The minimum atomic E-state index is -0.344. The molecule has 0 heterocycles. The highest BCUT2D eigenvalue weighted by molar-refractivity contribution is 5.96. The van der Waals surface area contributed by atoms with Gasteiger partial charge in [0, 0.05) is 12.3 Å². The molecule has 2 rings (SSSR count). The topological polar surface area (TPSA) is 57.5 Å². The van der Waals surface area contributed by atoms with E-state index in [1.54, 1.807) is 0 Å². The molecule has 1 fully saturated rings. The van der Waals surface area contributed by atoms with E-state index >= 15 is 0 Å². The highest BCUT2D eigenvalue weighted by Gasteiger charge is 2.34. The first-order chi connectivity index (χ1) is 6.20. The van der Waals surface area contributed by atoms with Crippen LogP contribution in [0.1, 0.15) is 32.1 Å². The molecular weight excluding hydrogens is 168 g/mol. The van der Waals surface area contributed by atoms with Gasteiger partial charge in [0.2, 0.25) is 0 Å². The second-order valence-corrected chi connectivity index (χ2v) is 3.90. The summed E-state index contributed by atoms with van der Waals surface area (Å²) in [6.07, 6.45) is 3.43. The predicted octanol–water partition coefficient (Wildman–Crippen LogP) is 1.32. The van der Waals surface area contributed by atoms with E-state index in [0.717, 1.165) is 24.8 Å². The minimum absolute atomic E-state index is 0.0476. The van der Waals surface area contributed by atoms with Crippen molar-refractivity contribution >= 4 is 5.78 Å². The summed E-state index contributed by atoms with van der Waals surface area (Å²) in [5, 5.41) is 19.1. The molecule has 1 saturated carbocycles. The number of aliphatic hydroxyl groups is 2. The van der Waals surface area contributed by atoms with Gasteiger partial charge in [0.1, 0.15) is 0 Å². The van der Waals surface area contributed by atoms with E-state index in [1.165, 1.54) is 0 Å². The van der Waals surface area contributed by atoms with Crippen molar-refractivity contribution in [1.29, 1.82) is 0 Å². The molecule has 13 heavy (non-hydrogen) atoms. The number of allylic oxidation sites excluding steroid dienone is 1. The van der Waals surface area contributed by atoms with Crippen LogP contribution < -0.4 is 0 Å². The SMILES string of the molecule is O=C1CCC([C@@H]2CCC[C@H]2O)=C1O. The predicted molar refractivity (Wildman–Crippen MR) is 47.2 cm³/mol. The summed E-state index contributed by atoms with van der Waals surface area (Å²) in [6, 6.07) is 0. The van der Waals surface area contributed by atoms with Crippen molar-refractivity contribution in [2.24, 2.45) is 5.92 Å². The number of hydrogen-bond acceptors (Lipinski definition) is 3. The fraction of sp³-hybridized carbons (Fsp3) is 0.700. The van der Waals surface area contributed by atoms with Gasteiger partial charge in [-0.15, -0.1) is 0 Å². The van der Waals surface area contributed by atoms with Crippen LogP contribution in [0.2, 0.25) is 0 Å². The van der Waals surface area contributed by atoms with Crippen LogP contribution in [0, 0.1) is 5.92 Å². The molecule has 0 amide bonds. The van der Waals surface area contributed by atoms with Gasteiger partial charge in [-0.2, -0.15) is 0 Å². The number of rotatable bonds is 1. The lowest BCUT2D eigenvalue weighted by Crippen LogP contribution is -2.15. The highest BCUT2D eigenvalue weighted by atomic mass is 16.3. The fourth-order valence-electron chi connectivity index (χ4n) is 2.37. The molecule has 3 nitrogen and oxygen atoms in total. The van der Waals surface area contributed by atoms with Crippen LogP contribution in [0.15, 0.2) is 11.3 Å². The smallest absolute Gasteiger partial charge is 0.197 e. The summed E-state index contributed by atoms with van der Waals surface area (Å²) >= 11 is 0. The largest absolute Gasteiger partial charge is 0.504 e. The standard InChI is InChI=1S/C10H14O3/c11-8-3-1-2-6(8)7-4-5-9(12)10(7)13/h6,8,11,13H,1-5H2/t6-,8+/m0/s1. The van der Waals surface area contributed by atoms with Crippen molar-refractivity contribution in [3.8, 4) is 0 Å². The van der Waals surface area contributed by atoms with E-state index in [-0.39, 0.29) is 23.6 Å². The Morgan fingerprint density at radius 2 is 2.00 bits per heavy atom. The van der Waals surface area contributed by atoms with Gasteiger partial charge in [-0.05, 0) is 24.8 Å². The lowest BCUT2D eigenvalue weighted by Gasteiger charge is -2.15. The van der Waals surface area contributed by atoms with Gasteiger partial charge < -0.3 is 10.2 Å². The van der Waals surface area contributed by atoms with E-state index < -0.39 is 0 Å². The monoisotopic (exact) mass is 182 g/mol. The summed E-state index contributed by atoms with van der Waals surface area (Å²) in [4.78, 5) is 11.1. The molecule has 0 aromatic carbocycles. The molecule has 0 radical (unpaired) electrons. The summed E-state index contributed by atoms with van der Waals surface area (Å²) in [5.74, 6) is -0.175. The Morgan fingerprint density at radius 1 is 1.23 bits per heavy atom. The van der Waals surface area contributed by atoms with Gasteiger partial charge in [0.05, 0.1) is 6.10 Å². The van der Waals surface area contributed by atoms with Gasteiger partial charge >= 0.3 is 0 Å². The Hall–Kier alpha value is -0.830. The minimum Gasteiger partial charge on any atom is -0.504 e. The number of aliphatic hydroxyl groups excluding tert-OH is 2. The number of carbonyl (C=O) groups excluding carboxylic acids is 1. The van der Waals surface area contributed by atoms with Crippen molar-refractivity contribution in [3.63, 3.8) is 0 Å². The summed E-state index contributed by atoms with van der Waals surface area (Å²) in [6.45, 7) is 0. The van der Waals surface area contributed by atoms with Crippen LogP contribution in [0.5, 0.6) is 0 Å². The van der Waals surface area contributed by atoms with Crippen LogP contribution in [-0.4, -0.2) is 22.1 Å². The number of Topliss-reactive ketones (excluding diaryl/α,β-unsaturated/α-hetero) is 1. The van der Waals surface area contributed by atoms with Gasteiger partial charge in [0.25, 0.3) is 0 Å². The first kappa shape index (κ1) is 8.75. The Morgan fingerprint density at radius 3 is 2.46 bits per heavy atom. The van der Waals surface area contributed by atoms with Crippen LogP contribution in [0.3, 0.4) is 0 Å². The number of ketones is 1. The zero-order valence-electron chi connectivity index (χ0n) is 7.49. The normalized spacial score (nSPS) is 34.7. The molecule has 0 spiro atoms. The summed E-state index contributed by atoms with van der Waals surface area (Å²) in [5.41, 5.74) is 0.801. The van der Waals surface area contributed by atoms with Crippen molar-refractivity contribution in [1.82, 2.24) is 0 Å². The summed E-state index contributed by atoms with van der Waals surface area (Å²) < 4.78 is 0. The average Bonchev–Trinajstić information content (AvgIpc) is 2.62. The quantitative estimate of drug-likeness (QED) is 0.643. The molecular formula is C10H14O3. The van der Waals surface area contributed by atoms with Gasteiger partial charge in [-0.1, -0.05) is 6.42 Å². The molecule has 0 bridgehead atoms. The second kappa shape index (κ2) is 3.14. The molecule has 2 aliphatic rings. The third kappa shape index (κ3) is 1.37. The molecule has 0 aromatic rings. The molecule has 0 aliphatic heterocycles. The molecule has 2 N–H and O–H groups in total. The van der Waals surface area contributed by atoms with Gasteiger partial charge in [-0.25, -0.2) is 0 Å². The third-order valence-corrected chi connectivity index (χ3v) is 3.12. The molecule has 2 aliphatic carbocycles. The van der Waals surface area contributed by atoms with E-state index in [1.807, 2.05) is 0 Å². The number of hydrogen-bond donors (Lipinski definition) is 2. The van der Waals surface area contributed by atoms with E-state index in [2.05, 4.69) is 0 Å². The Kier molecular flexibility index (Phi) is 2.12. The Balaban J connectivity index is 2.21. The maximum atomic E-state index is 11.1. The van der Waals surface area contributed by atoms with Crippen LogP contribution in [-0.2, 0) is 4.79 Å². The lowest BCUT2D eigenvalue weighted by atomic mass is 9.94. The number of carbonyl (C=O) groups is 1. The van der Waals surface area contributed by atoms with Gasteiger partial charge in [-0.3, -0.25) is 4.79 Å².